The van der Waals surface area contributed by atoms with E-state index < -0.39 is 0 Å². The molecule has 0 aliphatic rings. The molecule has 0 fully saturated rings. The molecule has 0 atom stereocenters. The zero-order valence-corrected chi connectivity index (χ0v) is 22.9. The van der Waals surface area contributed by atoms with E-state index in [0.717, 1.165) is 34.1 Å². The number of hydrogen-bond donors (Lipinski definition) is 0. The summed E-state index contributed by atoms with van der Waals surface area (Å²) >= 11 is 0. The van der Waals surface area contributed by atoms with Gasteiger partial charge in [0.15, 0.2) is 0 Å². The summed E-state index contributed by atoms with van der Waals surface area (Å²) in [7, 11) is 3.37. The molecular formula is C36H33NO2. The minimum atomic E-state index is 0.827. The van der Waals surface area contributed by atoms with Gasteiger partial charge in [0.1, 0.15) is 11.5 Å². The maximum Gasteiger partial charge on any atom is 0.119 e. The molecule has 0 unspecified atom stereocenters. The Morgan fingerprint density at radius 2 is 1.05 bits per heavy atom. The molecule has 5 rings (SSSR count). The highest BCUT2D eigenvalue weighted by Gasteiger charge is 2.13. The van der Waals surface area contributed by atoms with E-state index in [2.05, 4.69) is 122 Å². The Bertz CT molecular complexity index is 1500. The van der Waals surface area contributed by atoms with Crippen LogP contribution in [0.3, 0.4) is 0 Å². The van der Waals surface area contributed by atoms with Crippen LogP contribution in [0.4, 0.5) is 17.1 Å². The Balaban J connectivity index is 1.55. The molecule has 0 heterocycles. The topological polar surface area (TPSA) is 21.7 Å². The van der Waals surface area contributed by atoms with Crippen molar-refractivity contribution in [1.82, 2.24) is 0 Å². The highest BCUT2D eigenvalue weighted by molar-refractivity contribution is 5.92. The fourth-order valence-corrected chi connectivity index (χ4v) is 4.66. The molecule has 0 radical (unpaired) electrons. The van der Waals surface area contributed by atoms with Gasteiger partial charge in [0.2, 0.25) is 0 Å². The van der Waals surface area contributed by atoms with E-state index in [1.807, 2.05) is 24.3 Å². The lowest BCUT2D eigenvalue weighted by atomic mass is 9.93. The van der Waals surface area contributed by atoms with Crippen molar-refractivity contribution in [1.29, 1.82) is 0 Å². The second-order valence-electron chi connectivity index (χ2n) is 9.55. The number of hydrogen-bond acceptors (Lipinski definition) is 3. The van der Waals surface area contributed by atoms with Gasteiger partial charge in [-0.2, -0.15) is 0 Å². The van der Waals surface area contributed by atoms with Gasteiger partial charge in [0.25, 0.3) is 0 Å². The highest BCUT2D eigenvalue weighted by atomic mass is 16.5. The Morgan fingerprint density at radius 3 is 1.54 bits per heavy atom. The van der Waals surface area contributed by atoms with E-state index in [9.17, 15) is 0 Å². The van der Waals surface area contributed by atoms with Gasteiger partial charge >= 0.3 is 0 Å². The molecule has 0 amide bonds. The van der Waals surface area contributed by atoms with Crippen LogP contribution in [0.5, 0.6) is 11.5 Å². The number of anilines is 3. The maximum absolute atomic E-state index is 5.39. The number of ether oxygens (including phenoxy) is 2. The maximum atomic E-state index is 5.39. The molecule has 0 saturated heterocycles. The van der Waals surface area contributed by atoms with Crippen LogP contribution in [-0.2, 0) is 0 Å². The third-order valence-electron chi connectivity index (χ3n) is 7.03. The summed E-state index contributed by atoms with van der Waals surface area (Å²) < 4.78 is 10.8. The molecule has 0 bridgehead atoms. The molecule has 0 spiro atoms. The van der Waals surface area contributed by atoms with Gasteiger partial charge in [0.05, 0.1) is 14.2 Å². The molecule has 5 aromatic carbocycles. The second kappa shape index (κ2) is 11.7. The Hall–Kier alpha value is -4.76. The van der Waals surface area contributed by atoms with Crippen LogP contribution in [0.1, 0.15) is 27.8 Å². The Morgan fingerprint density at radius 1 is 0.538 bits per heavy atom. The minimum Gasteiger partial charge on any atom is -0.497 e. The zero-order chi connectivity index (χ0) is 27.2. The fraction of sp³-hybridized carbons (Fsp3) is 0.111. The average molecular weight is 512 g/mol. The summed E-state index contributed by atoms with van der Waals surface area (Å²) in [5.41, 5.74) is 10.5. The summed E-state index contributed by atoms with van der Waals surface area (Å²) in [6.45, 7) is 4.32. The summed E-state index contributed by atoms with van der Waals surface area (Å²) in [4.78, 5) is 2.23. The van der Waals surface area contributed by atoms with Crippen LogP contribution in [0.15, 0.2) is 121 Å². The van der Waals surface area contributed by atoms with Gasteiger partial charge in [-0.25, -0.2) is 0 Å². The normalized spacial score (nSPS) is 11.2. The molecule has 0 aromatic heterocycles. The molecule has 194 valence electrons. The van der Waals surface area contributed by atoms with E-state index in [4.69, 9.17) is 9.47 Å². The van der Waals surface area contributed by atoms with Crippen LogP contribution >= 0.6 is 0 Å². The van der Waals surface area contributed by atoms with Crippen molar-refractivity contribution < 1.29 is 9.47 Å². The van der Waals surface area contributed by atoms with E-state index in [1.165, 1.54) is 27.8 Å². The number of methoxy groups -OCH3 is 2. The quantitative estimate of drug-likeness (QED) is 0.194. The first kappa shape index (κ1) is 25.9. The van der Waals surface area contributed by atoms with Gasteiger partial charge in [-0.3, -0.25) is 0 Å². The van der Waals surface area contributed by atoms with Gasteiger partial charge in [-0.05, 0) is 114 Å². The number of aryl methyl sites for hydroxylation is 2. The molecule has 0 N–H and O–H groups in total. The molecule has 3 nitrogen and oxygen atoms in total. The first-order valence-corrected chi connectivity index (χ1v) is 13.1. The summed E-state index contributed by atoms with van der Waals surface area (Å²) in [5, 5.41) is 0. The second-order valence-corrected chi connectivity index (χ2v) is 9.55. The van der Waals surface area contributed by atoms with E-state index >= 15 is 0 Å². The van der Waals surface area contributed by atoms with Crippen molar-refractivity contribution in [3.05, 3.63) is 149 Å². The fourth-order valence-electron chi connectivity index (χ4n) is 4.66. The predicted molar refractivity (Wildman–Crippen MR) is 164 cm³/mol. The van der Waals surface area contributed by atoms with Crippen molar-refractivity contribution in [2.24, 2.45) is 0 Å². The zero-order valence-electron chi connectivity index (χ0n) is 22.9. The van der Waals surface area contributed by atoms with Crippen LogP contribution in [0, 0.1) is 13.8 Å². The number of rotatable bonds is 8. The molecule has 0 saturated carbocycles. The lowest BCUT2D eigenvalue weighted by Crippen LogP contribution is -2.09. The molecule has 39 heavy (non-hydrogen) atoms. The minimum absolute atomic E-state index is 0.827. The first-order chi connectivity index (χ1) is 19.1. The summed E-state index contributed by atoms with van der Waals surface area (Å²) in [5.74, 6) is 1.65. The van der Waals surface area contributed by atoms with Gasteiger partial charge in [-0.1, -0.05) is 60.7 Å². The lowest BCUT2D eigenvalue weighted by molar-refractivity contribution is 0.415. The van der Waals surface area contributed by atoms with Crippen molar-refractivity contribution in [2.45, 2.75) is 13.8 Å². The van der Waals surface area contributed by atoms with Crippen LogP contribution in [0.2, 0.25) is 0 Å². The Labute approximate surface area is 231 Å². The largest absolute Gasteiger partial charge is 0.497 e. The van der Waals surface area contributed by atoms with Gasteiger partial charge < -0.3 is 14.4 Å². The summed E-state index contributed by atoms with van der Waals surface area (Å²) in [6.07, 6.45) is 2.27. The number of benzene rings is 5. The SMILES string of the molecule is COc1ccc(N(c2ccc(/C=C(\c3ccccc3)c3ccc(C)c(C)c3)cc2)c2ccc(OC)cc2)cc1. The van der Waals surface area contributed by atoms with Crippen molar-refractivity contribution in [2.75, 3.05) is 19.1 Å². The van der Waals surface area contributed by atoms with Crippen molar-refractivity contribution in [3.63, 3.8) is 0 Å². The molecule has 0 aliphatic carbocycles. The highest BCUT2D eigenvalue weighted by Crippen LogP contribution is 2.37. The predicted octanol–water partition coefficient (Wildman–Crippen LogP) is 9.38. The van der Waals surface area contributed by atoms with Crippen molar-refractivity contribution in [3.8, 4) is 11.5 Å². The molecule has 3 heteroatoms. The smallest absolute Gasteiger partial charge is 0.119 e. The average Bonchev–Trinajstić information content (AvgIpc) is 2.99. The molecule has 0 aliphatic heterocycles. The number of nitrogens with zero attached hydrogens (tertiary/aromatic N) is 1. The lowest BCUT2D eigenvalue weighted by Gasteiger charge is -2.26. The van der Waals surface area contributed by atoms with Gasteiger partial charge in [-0.15, -0.1) is 0 Å². The third kappa shape index (κ3) is 5.89. The standard InChI is InChI=1S/C36H33NO2/c1-26-10-13-30(24-27(26)2)36(29-8-6-5-7-9-29)25-28-11-14-31(15-12-28)37(32-16-20-34(38-3)21-17-32)33-18-22-35(39-4)23-19-33/h5-25H,1-4H3/b36-25+. The molecule has 5 aromatic rings. The van der Waals surface area contributed by atoms with Gasteiger partial charge in [0, 0.05) is 17.1 Å². The van der Waals surface area contributed by atoms with E-state index in [-0.39, 0.29) is 0 Å². The Kier molecular flexibility index (Phi) is 7.79. The van der Waals surface area contributed by atoms with Crippen LogP contribution < -0.4 is 14.4 Å². The van der Waals surface area contributed by atoms with Crippen molar-refractivity contribution >= 4 is 28.7 Å². The van der Waals surface area contributed by atoms with E-state index in [1.54, 1.807) is 14.2 Å². The van der Waals surface area contributed by atoms with Crippen LogP contribution in [0.25, 0.3) is 11.6 Å². The third-order valence-corrected chi connectivity index (χ3v) is 7.03. The first-order valence-electron chi connectivity index (χ1n) is 13.1. The molecular weight excluding hydrogens is 478 g/mol. The van der Waals surface area contributed by atoms with E-state index in [0.29, 0.717) is 0 Å². The summed E-state index contributed by atoms with van der Waals surface area (Å²) in [6, 6.07) is 42.2. The monoisotopic (exact) mass is 511 g/mol. The van der Waals surface area contributed by atoms with Crippen LogP contribution in [-0.4, -0.2) is 14.2 Å².